The Morgan fingerprint density at radius 2 is 2.00 bits per heavy atom. The van der Waals surface area contributed by atoms with Crippen LogP contribution in [0.5, 0.6) is 5.88 Å². The maximum Gasteiger partial charge on any atom is 0.421 e. The van der Waals surface area contributed by atoms with Crippen LogP contribution in [-0.4, -0.2) is 44.2 Å². The summed E-state index contributed by atoms with van der Waals surface area (Å²) >= 11 is 5.97. The highest BCUT2D eigenvalue weighted by Gasteiger charge is 2.36. The van der Waals surface area contributed by atoms with Crippen LogP contribution in [0.1, 0.15) is 24.8 Å². The van der Waals surface area contributed by atoms with E-state index in [9.17, 15) is 13.2 Å². The number of nitrogens with one attached hydrogen (secondary N) is 1. The zero-order chi connectivity index (χ0) is 21.3. The lowest BCUT2D eigenvalue weighted by atomic mass is 9.95. The van der Waals surface area contributed by atoms with Gasteiger partial charge in [-0.3, -0.25) is 0 Å². The molecule has 0 spiro atoms. The molecule has 1 aliphatic heterocycles. The Morgan fingerprint density at radius 1 is 1.23 bits per heavy atom. The van der Waals surface area contributed by atoms with Gasteiger partial charge in [-0.1, -0.05) is 0 Å². The third-order valence-corrected chi connectivity index (χ3v) is 5.36. The van der Waals surface area contributed by atoms with E-state index in [0.29, 0.717) is 23.5 Å². The highest BCUT2D eigenvalue weighted by molar-refractivity contribution is 6.28. The maximum atomic E-state index is 13.7. The summed E-state index contributed by atoms with van der Waals surface area (Å²) in [6.07, 6.45) is 0.843. The van der Waals surface area contributed by atoms with Crippen LogP contribution in [-0.2, 0) is 13.2 Å². The minimum Gasteiger partial charge on any atom is -0.477 e. The van der Waals surface area contributed by atoms with E-state index in [1.165, 1.54) is 12.5 Å². The lowest BCUT2D eigenvalue weighted by molar-refractivity contribution is -0.139. The van der Waals surface area contributed by atoms with Gasteiger partial charge in [-0.2, -0.15) is 18.2 Å². The number of rotatable bonds is 5. The molecule has 11 heteroatoms. The number of ether oxygens (including phenoxy) is 1. The highest BCUT2D eigenvalue weighted by Crippen LogP contribution is 2.38. The first-order valence-corrected chi connectivity index (χ1v) is 9.96. The summed E-state index contributed by atoms with van der Waals surface area (Å²) in [5.41, 5.74) is 0.132. The van der Waals surface area contributed by atoms with Gasteiger partial charge in [0.05, 0.1) is 12.9 Å². The molecule has 0 aromatic carbocycles. The van der Waals surface area contributed by atoms with E-state index in [1.54, 1.807) is 11.6 Å². The predicted octanol–water partition coefficient (Wildman–Crippen LogP) is 3.87. The Balaban J connectivity index is 1.63. The number of alkyl halides is 3. The second kappa shape index (κ2) is 8.35. The normalized spacial score (nSPS) is 15.6. The van der Waals surface area contributed by atoms with E-state index in [1.807, 2.05) is 0 Å². The van der Waals surface area contributed by atoms with Crippen molar-refractivity contribution in [3.63, 3.8) is 0 Å². The minimum absolute atomic E-state index is 0.0862. The number of pyridine rings is 1. The van der Waals surface area contributed by atoms with E-state index in [2.05, 4.69) is 25.3 Å². The summed E-state index contributed by atoms with van der Waals surface area (Å²) in [6, 6.07) is 0.972. The fraction of sp³-hybridized carbons (Fsp3) is 0.474. The molecule has 0 saturated carbocycles. The lowest BCUT2D eigenvalue weighted by Crippen LogP contribution is -2.28. The van der Waals surface area contributed by atoms with E-state index in [-0.39, 0.29) is 23.1 Å². The summed E-state index contributed by atoms with van der Waals surface area (Å²) < 4.78 is 48.2. The number of aromatic nitrogens is 5. The molecule has 0 atom stereocenters. The number of nitrogens with zero attached hydrogens (tertiary/aromatic N) is 5. The number of halogens is 4. The van der Waals surface area contributed by atoms with Gasteiger partial charge in [-0.05, 0) is 55.9 Å². The van der Waals surface area contributed by atoms with Gasteiger partial charge < -0.3 is 14.6 Å². The summed E-state index contributed by atoms with van der Waals surface area (Å²) in [6.45, 7) is 2.04. The molecular formula is C19H20ClF3N6O. The average Bonchev–Trinajstić information content (AvgIpc) is 3.08. The summed E-state index contributed by atoms with van der Waals surface area (Å²) in [7, 11) is 1.71. The first-order chi connectivity index (χ1) is 14.3. The molecular weight excluding hydrogens is 421 g/mol. The topological polar surface area (TPSA) is 77.8 Å². The van der Waals surface area contributed by atoms with Gasteiger partial charge in [-0.15, -0.1) is 0 Å². The van der Waals surface area contributed by atoms with E-state index in [0.717, 1.165) is 32.0 Å². The van der Waals surface area contributed by atoms with Crippen molar-refractivity contribution in [1.82, 2.24) is 29.8 Å². The molecule has 1 saturated heterocycles. The van der Waals surface area contributed by atoms with E-state index in [4.69, 9.17) is 16.3 Å². The molecule has 4 rings (SSSR count). The molecule has 0 amide bonds. The molecule has 160 valence electrons. The number of imidazole rings is 1. The average molecular weight is 441 g/mol. The number of fused-ring (bicyclic) bond motifs is 1. The molecule has 3 aromatic heterocycles. The third kappa shape index (κ3) is 4.34. The van der Waals surface area contributed by atoms with Gasteiger partial charge in [0.15, 0.2) is 5.65 Å². The molecule has 0 radical (unpaired) electrons. The molecule has 4 heterocycles. The summed E-state index contributed by atoms with van der Waals surface area (Å²) in [5, 5.41) is 3.18. The quantitative estimate of drug-likeness (QED) is 0.607. The highest BCUT2D eigenvalue weighted by atomic mass is 35.5. The number of hydrogen-bond acceptors (Lipinski definition) is 6. The van der Waals surface area contributed by atoms with Crippen molar-refractivity contribution >= 4 is 22.8 Å². The van der Waals surface area contributed by atoms with Gasteiger partial charge in [0.1, 0.15) is 16.8 Å². The summed E-state index contributed by atoms with van der Waals surface area (Å²) in [5.74, 6) is 0.0121. The Kier molecular flexibility index (Phi) is 5.79. The Hall–Kier alpha value is -2.46. The third-order valence-electron chi connectivity index (χ3n) is 5.19. The van der Waals surface area contributed by atoms with Crippen molar-refractivity contribution in [1.29, 1.82) is 0 Å². The number of hydrogen-bond donors (Lipinski definition) is 1. The van der Waals surface area contributed by atoms with E-state index < -0.39 is 17.6 Å². The lowest BCUT2D eigenvalue weighted by Gasteiger charge is -2.22. The van der Waals surface area contributed by atoms with Crippen LogP contribution in [0.4, 0.5) is 13.2 Å². The first kappa shape index (κ1) is 20.8. The number of aryl methyl sites for hydroxylation is 1. The van der Waals surface area contributed by atoms with E-state index >= 15 is 0 Å². The largest absolute Gasteiger partial charge is 0.477 e. The van der Waals surface area contributed by atoms with Crippen LogP contribution in [0.25, 0.3) is 22.4 Å². The van der Waals surface area contributed by atoms with Crippen molar-refractivity contribution in [3.8, 4) is 17.1 Å². The Morgan fingerprint density at radius 3 is 2.73 bits per heavy atom. The summed E-state index contributed by atoms with van der Waals surface area (Å²) in [4.78, 5) is 16.3. The number of piperidine rings is 1. The second-order valence-corrected chi connectivity index (χ2v) is 7.61. The van der Waals surface area contributed by atoms with Crippen molar-refractivity contribution in [2.45, 2.75) is 25.4 Å². The van der Waals surface area contributed by atoms with Gasteiger partial charge in [-0.25, -0.2) is 15.0 Å². The zero-order valence-corrected chi connectivity index (χ0v) is 17.0. The minimum atomic E-state index is -4.63. The smallest absolute Gasteiger partial charge is 0.421 e. The van der Waals surface area contributed by atoms with Crippen molar-refractivity contribution in [3.05, 3.63) is 29.4 Å². The molecule has 0 unspecified atom stereocenters. The van der Waals surface area contributed by atoms with Gasteiger partial charge >= 0.3 is 6.18 Å². The standard InChI is InChI=1S/C19H20ClF3N6O/c1-29-10-26-15-14(27-18(20)28-16(15)29)12-8-13(19(21,22)23)17(25-9-12)30-7-4-11-2-5-24-6-3-11/h8-11,24H,2-7H2,1H3. The van der Waals surface area contributed by atoms with Crippen molar-refractivity contribution < 1.29 is 17.9 Å². The SMILES string of the molecule is Cn1cnc2c(-c3cnc(OCCC4CCNCC4)c(C(F)(F)F)c3)nc(Cl)nc21. The fourth-order valence-electron chi connectivity index (χ4n) is 3.57. The maximum absolute atomic E-state index is 13.7. The van der Waals surface area contributed by atoms with Crippen LogP contribution in [0, 0.1) is 5.92 Å². The van der Waals surface area contributed by atoms with Crippen LogP contribution < -0.4 is 10.1 Å². The molecule has 30 heavy (non-hydrogen) atoms. The molecule has 0 aliphatic carbocycles. The van der Waals surface area contributed by atoms with Crippen LogP contribution in [0.3, 0.4) is 0 Å². The molecule has 1 aliphatic rings. The molecule has 3 aromatic rings. The van der Waals surface area contributed by atoms with Crippen molar-refractivity contribution in [2.75, 3.05) is 19.7 Å². The predicted molar refractivity (Wildman–Crippen MR) is 105 cm³/mol. The molecule has 1 fully saturated rings. The van der Waals surface area contributed by atoms with Gasteiger partial charge in [0, 0.05) is 18.8 Å². The molecule has 7 nitrogen and oxygen atoms in total. The fourth-order valence-corrected chi connectivity index (χ4v) is 3.74. The van der Waals surface area contributed by atoms with Crippen molar-refractivity contribution in [2.24, 2.45) is 13.0 Å². The van der Waals surface area contributed by atoms with Gasteiger partial charge in [0.2, 0.25) is 11.2 Å². The second-order valence-electron chi connectivity index (χ2n) is 7.27. The molecule has 1 N–H and O–H groups in total. The monoisotopic (exact) mass is 440 g/mol. The molecule has 0 bridgehead atoms. The van der Waals surface area contributed by atoms with Crippen LogP contribution >= 0.6 is 11.6 Å². The van der Waals surface area contributed by atoms with Crippen LogP contribution in [0.15, 0.2) is 18.6 Å². The van der Waals surface area contributed by atoms with Crippen LogP contribution in [0.2, 0.25) is 5.28 Å². The zero-order valence-electron chi connectivity index (χ0n) is 16.2. The Labute approximate surface area is 175 Å². The first-order valence-electron chi connectivity index (χ1n) is 9.58. The Bertz CT molecular complexity index is 1050. The van der Waals surface area contributed by atoms with Gasteiger partial charge in [0.25, 0.3) is 0 Å².